The number of rotatable bonds is 12. The second kappa shape index (κ2) is 12.8. The summed E-state index contributed by atoms with van der Waals surface area (Å²) >= 11 is 0. The van der Waals surface area contributed by atoms with Crippen molar-refractivity contribution in [1.82, 2.24) is 5.32 Å². The molecule has 1 N–H and O–H groups in total. The molecule has 18 heavy (non-hydrogen) atoms. The maximum atomic E-state index is 11.5. The first kappa shape index (κ1) is 17.4. The zero-order valence-corrected chi connectivity index (χ0v) is 12.2. The average molecular weight is 259 g/mol. The van der Waals surface area contributed by atoms with Crippen LogP contribution in [0.3, 0.4) is 0 Å². The molecule has 0 aromatic rings. The molecule has 0 radical (unpaired) electrons. The molecule has 0 heterocycles. The van der Waals surface area contributed by atoms with Crippen molar-refractivity contribution in [3.8, 4) is 0 Å². The molecule has 0 aliphatic heterocycles. The molecule has 0 bridgehead atoms. The fourth-order valence-corrected chi connectivity index (χ4v) is 1.65. The maximum absolute atomic E-state index is 11.5. The summed E-state index contributed by atoms with van der Waals surface area (Å²) in [5.74, 6) is -0.157. The molecular formula is C14H29NO3. The van der Waals surface area contributed by atoms with Crippen LogP contribution in [-0.4, -0.2) is 38.9 Å². The molecule has 1 atom stereocenters. The van der Waals surface area contributed by atoms with Crippen LogP contribution in [0.25, 0.3) is 0 Å². The maximum Gasteiger partial charge on any atom is 0.322 e. The number of esters is 1. The molecule has 0 saturated heterocycles. The van der Waals surface area contributed by atoms with Crippen LogP contribution in [0.5, 0.6) is 0 Å². The molecule has 0 aromatic carbocycles. The minimum atomic E-state index is -0.161. The zero-order valence-electron chi connectivity index (χ0n) is 12.2. The van der Waals surface area contributed by atoms with Crippen molar-refractivity contribution in [2.45, 2.75) is 58.4 Å². The van der Waals surface area contributed by atoms with Crippen LogP contribution in [0.2, 0.25) is 0 Å². The minimum absolute atomic E-state index is 0.157. The van der Waals surface area contributed by atoms with Crippen molar-refractivity contribution in [2.24, 2.45) is 0 Å². The SMILES string of the molecule is CCCCOCCCNC(CCCC)C(=O)OC. The monoisotopic (exact) mass is 259 g/mol. The molecule has 0 amide bonds. The second-order valence-corrected chi connectivity index (χ2v) is 4.49. The number of carbonyl (C=O) groups is 1. The summed E-state index contributed by atoms with van der Waals surface area (Å²) in [5, 5.41) is 3.24. The van der Waals surface area contributed by atoms with Crippen LogP contribution >= 0.6 is 0 Å². The minimum Gasteiger partial charge on any atom is -0.468 e. The van der Waals surface area contributed by atoms with Crippen LogP contribution in [0.4, 0.5) is 0 Å². The predicted molar refractivity (Wildman–Crippen MR) is 73.7 cm³/mol. The Morgan fingerprint density at radius 2 is 1.78 bits per heavy atom. The van der Waals surface area contributed by atoms with Gasteiger partial charge in [-0.2, -0.15) is 0 Å². The highest BCUT2D eigenvalue weighted by Gasteiger charge is 2.16. The smallest absolute Gasteiger partial charge is 0.322 e. The summed E-state index contributed by atoms with van der Waals surface area (Å²) in [4.78, 5) is 11.5. The number of hydrogen-bond donors (Lipinski definition) is 1. The van der Waals surface area contributed by atoms with Gasteiger partial charge in [-0.05, 0) is 25.8 Å². The Labute approximate surface area is 111 Å². The summed E-state index contributed by atoms with van der Waals surface area (Å²) in [5.41, 5.74) is 0. The van der Waals surface area contributed by atoms with Gasteiger partial charge in [0.05, 0.1) is 7.11 Å². The third-order valence-corrected chi connectivity index (χ3v) is 2.83. The molecule has 0 aliphatic carbocycles. The third-order valence-electron chi connectivity index (χ3n) is 2.83. The molecular weight excluding hydrogens is 230 g/mol. The topological polar surface area (TPSA) is 47.6 Å². The number of nitrogens with one attached hydrogen (secondary N) is 1. The Kier molecular flexibility index (Phi) is 12.4. The van der Waals surface area contributed by atoms with E-state index in [-0.39, 0.29) is 12.0 Å². The summed E-state index contributed by atoms with van der Waals surface area (Å²) in [7, 11) is 1.44. The number of carbonyl (C=O) groups excluding carboxylic acids is 1. The van der Waals surface area contributed by atoms with E-state index >= 15 is 0 Å². The van der Waals surface area contributed by atoms with Crippen LogP contribution in [0.1, 0.15) is 52.4 Å². The van der Waals surface area contributed by atoms with Gasteiger partial charge in [0.2, 0.25) is 0 Å². The van der Waals surface area contributed by atoms with Crippen molar-refractivity contribution in [3.63, 3.8) is 0 Å². The quantitative estimate of drug-likeness (QED) is 0.432. The van der Waals surface area contributed by atoms with Gasteiger partial charge in [-0.3, -0.25) is 4.79 Å². The predicted octanol–water partition coefficient (Wildman–Crippen LogP) is 2.51. The highest BCUT2D eigenvalue weighted by Crippen LogP contribution is 2.02. The largest absolute Gasteiger partial charge is 0.468 e. The van der Waals surface area contributed by atoms with E-state index in [1.807, 2.05) is 0 Å². The van der Waals surface area contributed by atoms with Gasteiger partial charge in [-0.1, -0.05) is 33.1 Å². The summed E-state index contributed by atoms with van der Waals surface area (Å²) in [6.07, 6.45) is 6.20. The summed E-state index contributed by atoms with van der Waals surface area (Å²) in [6.45, 7) is 6.67. The Bertz CT molecular complexity index is 197. The fourth-order valence-electron chi connectivity index (χ4n) is 1.65. The van der Waals surface area contributed by atoms with Gasteiger partial charge >= 0.3 is 5.97 Å². The van der Waals surface area contributed by atoms with E-state index in [1.165, 1.54) is 13.5 Å². The second-order valence-electron chi connectivity index (χ2n) is 4.49. The van der Waals surface area contributed by atoms with Crippen LogP contribution in [0, 0.1) is 0 Å². The molecule has 0 aromatic heterocycles. The molecule has 0 aliphatic rings. The number of methoxy groups -OCH3 is 1. The number of unbranched alkanes of at least 4 members (excludes halogenated alkanes) is 2. The van der Waals surface area contributed by atoms with E-state index in [0.717, 1.165) is 51.9 Å². The van der Waals surface area contributed by atoms with Gasteiger partial charge < -0.3 is 14.8 Å². The Hall–Kier alpha value is -0.610. The molecule has 0 saturated carbocycles. The van der Waals surface area contributed by atoms with E-state index in [9.17, 15) is 4.79 Å². The van der Waals surface area contributed by atoms with Crippen molar-refractivity contribution >= 4 is 5.97 Å². The standard InChI is InChI=1S/C14H29NO3/c1-4-6-9-13(14(16)17-3)15-10-8-12-18-11-7-5-2/h13,15H,4-12H2,1-3H3. The average Bonchev–Trinajstić information content (AvgIpc) is 2.40. The van der Waals surface area contributed by atoms with Gasteiger partial charge in [-0.25, -0.2) is 0 Å². The first-order valence-electron chi connectivity index (χ1n) is 7.15. The Morgan fingerprint density at radius 1 is 1.11 bits per heavy atom. The van der Waals surface area contributed by atoms with Crippen molar-refractivity contribution < 1.29 is 14.3 Å². The molecule has 1 unspecified atom stereocenters. The normalized spacial score (nSPS) is 12.4. The van der Waals surface area contributed by atoms with E-state index in [1.54, 1.807) is 0 Å². The van der Waals surface area contributed by atoms with Crippen molar-refractivity contribution in [2.75, 3.05) is 26.9 Å². The lowest BCUT2D eigenvalue weighted by Gasteiger charge is -2.16. The Morgan fingerprint density at radius 3 is 2.39 bits per heavy atom. The number of ether oxygens (including phenoxy) is 2. The lowest BCUT2D eigenvalue weighted by Crippen LogP contribution is -2.38. The van der Waals surface area contributed by atoms with E-state index in [4.69, 9.17) is 9.47 Å². The van der Waals surface area contributed by atoms with Crippen LogP contribution < -0.4 is 5.32 Å². The Balaban J connectivity index is 3.59. The van der Waals surface area contributed by atoms with E-state index in [0.29, 0.717) is 0 Å². The highest BCUT2D eigenvalue weighted by atomic mass is 16.5. The van der Waals surface area contributed by atoms with Crippen LogP contribution in [-0.2, 0) is 14.3 Å². The van der Waals surface area contributed by atoms with Gasteiger partial charge in [-0.15, -0.1) is 0 Å². The molecule has 0 fully saturated rings. The van der Waals surface area contributed by atoms with Gasteiger partial charge in [0.15, 0.2) is 0 Å². The van der Waals surface area contributed by atoms with Crippen LogP contribution in [0.15, 0.2) is 0 Å². The highest BCUT2D eigenvalue weighted by molar-refractivity contribution is 5.75. The molecule has 0 spiro atoms. The van der Waals surface area contributed by atoms with E-state index in [2.05, 4.69) is 19.2 Å². The van der Waals surface area contributed by atoms with E-state index < -0.39 is 0 Å². The molecule has 0 rings (SSSR count). The zero-order chi connectivity index (χ0) is 13.6. The van der Waals surface area contributed by atoms with Gasteiger partial charge in [0.25, 0.3) is 0 Å². The number of hydrogen-bond acceptors (Lipinski definition) is 4. The molecule has 4 nitrogen and oxygen atoms in total. The lowest BCUT2D eigenvalue weighted by atomic mass is 10.1. The first-order valence-corrected chi connectivity index (χ1v) is 7.15. The van der Waals surface area contributed by atoms with Crippen molar-refractivity contribution in [3.05, 3.63) is 0 Å². The van der Waals surface area contributed by atoms with Gasteiger partial charge in [0.1, 0.15) is 6.04 Å². The first-order chi connectivity index (χ1) is 8.76. The molecule has 108 valence electrons. The third kappa shape index (κ3) is 9.42. The summed E-state index contributed by atoms with van der Waals surface area (Å²) < 4.78 is 10.3. The lowest BCUT2D eigenvalue weighted by molar-refractivity contribution is -0.143. The van der Waals surface area contributed by atoms with Crippen molar-refractivity contribution in [1.29, 1.82) is 0 Å². The fraction of sp³-hybridized carbons (Fsp3) is 0.929. The molecule has 4 heteroatoms. The summed E-state index contributed by atoms with van der Waals surface area (Å²) in [6, 6.07) is -0.161. The van der Waals surface area contributed by atoms with Gasteiger partial charge in [0, 0.05) is 13.2 Å².